The number of ether oxygens (including phenoxy) is 1. The van der Waals surface area contributed by atoms with E-state index >= 15 is 0 Å². The van der Waals surface area contributed by atoms with Crippen LogP contribution in [0.5, 0.6) is 0 Å². The van der Waals surface area contributed by atoms with Crippen molar-refractivity contribution >= 4 is 17.4 Å². The van der Waals surface area contributed by atoms with Gasteiger partial charge in [0.2, 0.25) is 0 Å². The van der Waals surface area contributed by atoms with Gasteiger partial charge in [-0.3, -0.25) is 4.79 Å². The lowest BCUT2D eigenvalue weighted by molar-refractivity contribution is 0.0298. The lowest BCUT2D eigenvalue weighted by Crippen LogP contribution is -2.41. The van der Waals surface area contributed by atoms with E-state index in [1.807, 2.05) is 18.2 Å². The molecule has 6 heteroatoms. The van der Waals surface area contributed by atoms with Crippen LogP contribution in [0.4, 0.5) is 11.5 Å². The number of benzene rings is 1. The van der Waals surface area contributed by atoms with Crippen LogP contribution in [-0.2, 0) is 11.2 Å². The highest BCUT2D eigenvalue weighted by Gasteiger charge is 2.19. The second-order valence-corrected chi connectivity index (χ2v) is 5.33. The Balaban J connectivity index is 1.70. The molecule has 1 N–H and O–H groups in total. The number of morpholine rings is 1. The number of rotatable bonds is 4. The Hall–Kier alpha value is -2.47. The van der Waals surface area contributed by atoms with E-state index in [0.29, 0.717) is 37.8 Å². The monoisotopic (exact) mass is 312 g/mol. The van der Waals surface area contributed by atoms with Crippen molar-refractivity contribution in [3.8, 4) is 0 Å². The maximum Gasteiger partial charge on any atom is 0.274 e. The number of hydrogen-bond acceptors (Lipinski definition) is 5. The lowest BCUT2D eigenvalue weighted by atomic mass is 10.1. The first-order chi connectivity index (χ1) is 11.3. The molecule has 0 unspecified atom stereocenters. The molecule has 1 amide bonds. The van der Waals surface area contributed by atoms with Gasteiger partial charge in [0.15, 0.2) is 0 Å². The molecule has 1 aliphatic rings. The zero-order valence-electron chi connectivity index (χ0n) is 13.2. The molecule has 0 aliphatic carbocycles. The SMILES string of the molecule is CCc1ccccc1Nc1cnc(C(=O)N2CCOCC2)cn1. The van der Waals surface area contributed by atoms with Crippen LogP contribution in [-0.4, -0.2) is 47.1 Å². The summed E-state index contributed by atoms with van der Waals surface area (Å²) in [6.07, 6.45) is 4.05. The Labute approximate surface area is 135 Å². The van der Waals surface area contributed by atoms with Gasteiger partial charge >= 0.3 is 0 Å². The lowest BCUT2D eigenvalue weighted by Gasteiger charge is -2.26. The quantitative estimate of drug-likeness (QED) is 0.938. The van der Waals surface area contributed by atoms with Gasteiger partial charge in [0.1, 0.15) is 11.5 Å². The van der Waals surface area contributed by atoms with Gasteiger partial charge in [0.25, 0.3) is 5.91 Å². The number of anilines is 2. The Bertz CT molecular complexity index is 667. The minimum Gasteiger partial charge on any atom is -0.378 e. The minimum absolute atomic E-state index is 0.0960. The Morgan fingerprint density at radius 2 is 2.00 bits per heavy atom. The summed E-state index contributed by atoms with van der Waals surface area (Å²) in [6.45, 7) is 4.46. The zero-order chi connectivity index (χ0) is 16.1. The minimum atomic E-state index is -0.0960. The highest BCUT2D eigenvalue weighted by molar-refractivity contribution is 5.92. The van der Waals surface area contributed by atoms with Crippen molar-refractivity contribution in [2.75, 3.05) is 31.6 Å². The van der Waals surface area contributed by atoms with Crippen LogP contribution in [0.15, 0.2) is 36.7 Å². The summed E-state index contributed by atoms with van der Waals surface area (Å²) in [5, 5.41) is 3.25. The van der Waals surface area contributed by atoms with E-state index < -0.39 is 0 Å². The maximum atomic E-state index is 12.3. The first-order valence-electron chi connectivity index (χ1n) is 7.82. The molecule has 0 atom stereocenters. The van der Waals surface area contributed by atoms with Gasteiger partial charge in [0, 0.05) is 18.8 Å². The van der Waals surface area contributed by atoms with Crippen LogP contribution in [0.25, 0.3) is 0 Å². The van der Waals surface area contributed by atoms with Crippen LogP contribution in [0.1, 0.15) is 23.0 Å². The molecule has 1 aromatic carbocycles. The number of nitrogens with zero attached hydrogens (tertiary/aromatic N) is 3. The van der Waals surface area contributed by atoms with Gasteiger partial charge in [-0.15, -0.1) is 0 Å². The normalized spacial score (nSPS) is 14.6. The van der Waals surface area contributed by atoms with Crippen molar-refractivity contribution in [1.29, 1.82) is 0 Å². The van der Waals surface area contributed by atoms with Gasteiger partial charge in [-0.25, -0.2) is 9.97 Å². The zero-order valence-corrected chi connectivity index (χ0v) is 13.2. The number of amides is 1. The molecule has 1 aliphatic heterocycles. The predicted molar refractivity (Wildman–Crippen MR) is 87.9 cm³/mol. The van der Waals surface area contributed by atoms with Crippen LogP contribution in [0.2, 0.25) is 0 Å². The highest BCUT2D eigenvalue weighted by atomic mass is 16.5. The molecule has 6 nitrogen and oxygen atoms in total. The standard InChI is InChI=1S/C17H20N4O2/c1-2-13-5-3-4-6-14(13)20-16-12-18-15(11-19-16)17(22)21-7-9-23-10-8-21/h3-6,11-12H,2,7-10H2,1H3,(H,19,20). The van der Waals surface area contributed by atoms with E-state index in [0.717, 1.165) is 12.1 Å². The number of para-hydroxylation sites is 1. The molecule has 0 radical (unpaired) electrons. The topological polar surface area (TPSA) is 67.4 Å². The van der Waals surface area contributed by atoms with E-state index in [2.05, 4.69) is 28.3 Å². The Morgan fingerprint density at radius 1 is 1.22 bits per heavy atom. The molecular weight excluding hydrogens is 292 g/mol. The van der Waals surface area contributed by atoms with Gasteiger partial charge in [-0.1, -0.05) is 25.1 Å². The molecule has 1 fully saturated rings. The van der Waals surface area contributed by atoms with Crippen LogP contribution in [0, 0.1) is 0 Å². The third-order valence-electron chi connectivity index (χ3n) is 3.83. The van der Waals surface area contributed by atoms with Crippen LogP contribution in [0.3, 0.4) is 0 Å². The van der Waals surface area contributed by atoms with Crippen molar-refractivity contribution in [2.24, 2.45) is 0 Å². The van der Waals surface area contributed by atoms with Crippen molar-refractivity contribution < 1.29 is 9.53 Å². The molecule has 1 saturated heterocycles. The molecule has 2 aromatic rings. The fourth-order valence-corrected chi connectivity index (χ4v) is 2.52. The second kappa shape index (κ2) is 7.19. The number of aryl methyl sites for hydroxylation is 1. The van der Waals surface area contributed by atoms with Crippen molar-refractivity contribution in [3.05, 3.63) is 47.9 Å². The number of carbonyl (C=O) groups is 1. The summed E-state index contributed by atoms with van der Waals surface area (Å²) in [7, 11) is 0. The third kappa shape index (κ3) is 3.65. The first-order valence-corrected chi connectivity index (χ1v) is 7.82. The Kier molecular flexibility index (Phi) is 4.83. The van der Waals surface area contributed by atoms with Gasteiger partial charge in [-0.05, 0) is 18.1 Å². The maximum absolute atomic E-state index is 12.3. The Morgan fingerprint density at radius 3 is 2.70 bits per heavy atom. The molecule has 1 aromatic heterocycles. The summed E-state index contributed by atoms with van der Waals surface area (Å²) in [6, 6.07) is 8.07. The van der Waals surface area contributed by atoms with Gasteiger partial charge in [-0.2, -0.15) is 0 Å². The summed E-state index contributed by atoms with van der Waals surface area (Å²) >= 11 is 0. The summed E-state index contributed by atoms with van der Waals surface area (Å²) in [5.74, 6) is 0.533. The number of hydrogen-bond donors (Lipinski definition) is 1. The van der Waals surface area contributed by atoms with Crippen LogP contribution >= 0.6 is 0 Å². The molecule has 3 rings (SSSR count). The molecule has 0 saturated carbocycles. The fourth-order valence-electron chi connectivity index (χ4n) is 2.52. The van der Waals surface area contributed by atoms with Crippen molar-refractivity contribution in [1.82, 2.24) is 14.9 Å². The molecular formula is C17H20N4O2. The van der Waals surface area contributed by atoms with Crippen LogP contribution < -0.4 is 5.32 Å². The molecule has 0 bridgehead atoms. The average Bonchev–Trinajstić information content (AvgIpc) is 2.63. The van der Waals surface area contributed by atoms with E-state index in [9.17, 15) is 4.79 Å². The molecule has 23 heavy (non-hydrogen) atoms. The van der Waals surface area contributed by atoms with E-state index in [1.165, 1.54) is 11.8 Å². The summed E-state index contributed by atoms with van der Waals surface area (Å²) in [4.78, 5) is 22.6. The summed E-state index contributed by atoms with van der Waals surface area (Å²) in [5.41, 5.74) is 2.58. The first kappa shape index (κ1) is 15.4. The number of nitrogens with one attached hydrogen (secondary N) is 1. The summed E-state index contributed by atoms with van der Waals surface area (Å²) < 4.78 is 5.25. The largest absolute Gasteiger partial charge is 0.378 e. The average molecular weight is 312 g/mol. The second-order valence-electron chi connectivity index (χ2n) is 5.33. The number of aromatic nitrogens is 2. The van der Waals surface area contributed by atoms with E-state index in [4.69, 9.17) is 4.74 Å². The van der Waals surface area contributed by atoms with Gasteiger partial charge < -0.3 is 15.0 Å². The third-order valence-corrected chi connectivity index (χ3v) is 3.83. The van der Waals surface area contributed by atoms with Crippen molar-refractivity contribution in [3.63, 3.8) is 0 Å². The number of carbonyl (C=O) groups excluding carboxylic acids is 1. The van der Waals surface area contributed by atoms with Gasteiger partial charge in [0.05, 0.1) is 25.6 Å². The molecule has 2 heterocycles. The van der Waals surface area contributed by atoms with E-state index in [1.54, 1.807) is 11.1 Å². The molecule has 120 valence electrons. The van der Waals surface area contributed by atoms with Crippen molar-refractivity contribution in [2.45, 2.75) is 13.3 Å². The molecule has 0 spiro atoms. The van der Waals surface area contributed by atoms with E-state index in [-0.39, 0.29) is 5.91 Å². The predicted octanol–water partition coefficient (Wildman–Crippen LogP) is 2.25. The fraction of sp³-hybridized carbons (Fsp3) is 0.353. The highest BCUT2D eigenvalue weighted by Crippen LogP contribution is 2.19. The smallest absolute Gasteiger partial charge is 0.274 e.